The fourth-order valence-corrected chi connectivity index (χ4v) is 6.08. The van der Waals surface area contributed by atoms with Gasteiger partial charge < -0.3 is 4.74 Å². The molecule has 0 spiro atoms. The molecule has 0 N–H and O–H groups in total. The van der Waals surface area contributed by atoms with Crippen molar-refractivity contribution in [1.82, 2.24) is 4.90 Å². The molecule has 3 aliphatic carbocycles. The Balaban J connectivity index is 1.27. The zero-order valence-corrected chi connectivity index (χ0v) is 19.2. The van der Waals surface area contributed by atoms with Crippen LogP contribution in [-0.2, 0) is 19.1 Å². The Kier molecular flexibility index (Phi) is 6.05. The lowest BCUT2D eigenvalue weighted by Gasteiger charge is -2.45. The third-order valence-electron chi connectivity index (χ3n) is 7.56. The summed E-state index contributed by atoms with van der Waals surface area (Å²) in [6.45, 7) is 2.98. The lowest BCUT2D eigenvalue weighted by molar-refractivity contribution is -0.144. The SMILES string of the molecule is CCCCOC(=O)CCCCCN1C(=O)[C@@H]2C3c4ccccc4C(c4ccccc43)[C@H]2C1=O. The number of hydrogen-bond acceptors (Lipinski definition) is 4. The van der Waals surface area contributed by atoms with Gasteiger partial charge in [-0.25, -0.2) is 0 Å². The minimum Gasteiger partial charge on any atom is -0.466 e. The lowest BCUT2D eigenvalue weighted by atomic mass is 9.55. The standard InChI is InChI=1S/C28H31NO4/c1-2-3-17-33-22(30)15-5-4-10-16-29-27(31)25-23-18-11-6-7-12-19(18)24(26(25)28(29)32)21-14-9-8-13-20(21)23/h6-9,11-14,23-26H,2-5,10,15-17H2,1H3/t23?,24?,25-,26-/m1/s1. The molecule has 0 aromatic heterocycles. The molecule has 1 saturated heterocycles. The van der Waals surface area contributed by atoms with Gasteiger partial charge in [0.1, 0.15) is 0 Å². The molecular formula is C28H31NO4. The number of nitrogens with zero attached hydrogens (tertiary/aromatic N) is 1. The first-order valence-electron chi connectivity index (χ1n) is 12.3. The van der Waals surface area contributed by atoms with Gasteiger partial charge in [-0.15, -0.1) is 0 Å². The van der Waals surface area contributed by atoms with E-state index in [2.05, 4.69) is 31.2 Å². The van der Waals surface area contributed by atoms with E-state index in [-0.39, 0.29) is 41.5 Å². The number of carbonyl (C=O) groups is 3. The topological polar surface area (TPSA) is 63.7 Å². The monoisotopic (exact) mass is 445 g/mol. The molecule has 2 aromatic carbocycles. The van der Waals surface area contributed by atoms with Gasteiger partial charge in [-0.2, -0.15) is 0 Å². The largest absolute Gasteiger partial charge is 0.466 e. The van der Waals surface area contributed by atoms with Gasteiger partial charge in [0.05, 0.1) is 18.4 Å². The van der Waals surface area contributed by atoms with Crippen LogP contribution in [0.15, 0.2) is 48.5 Å². The number of benzene rings is 2. The zero-order chi connectivity index (χ0) is 22.9. The molecule has 2 aromatic rings. The number of carbonyl (C=O) groups excluding carboxylic acids is 3. The third kappa shape index (κ3) is 3.68. The molecule has 4 aliphatic rings. The molecule has 1 fully saturated rings. The van der Waals surface area contributed by atoms with Crippen molar-refractivity contribution in [3.05, 3.63) is 70.8 Å². The number of amides is 2. The molecule has 1 heterocycles. The molecule has 33 heavy (non-hydrogen) atoms. The van der Waals surface area contributed by atoms with E-state index in [9.17, 15) is 14.4 Å². The number of esters is 1. The van der Waals surface area contributed by atoms with Crippen LogP contribution in [0.3, 0.4) is 0 Å². The van der Waals surface area contributed by atoms with Gasteiger partial charge in [-0.3, -0.25) is 19.3 Å². The first kappa shape index (κ1) is 21.9. The van der Waals surface area contributed by atoms with Crippen molar-refractivity contribution < 1.29 is 19.1 Å². The van der Waals surface area contributed by atoms with Gasteiger partial charge in [0.25, 0.3) is 0 Å². The molecular weight excluding hydrogens is 414 g/mol. The molecule has 2 amide bonds. The highest BCUT2D eigenvalue weighted by Crippen LogP contribution is 2.60. The lowest BCUT2D eigenvalue weighted by Crippen LogP contribution is -2.41. The molecule has 2 atom stereocenters. The summed E-state index contributed by atoms with van der Waals surface area (Å²) in [6.07, 6.45) is 4.52. The second kappa shape index (κ2) is 9.12. The highest BCUT2D eigenvalue weighted by molar-refractivity contribution is 6.07. The van der Waals surface area contributed by atoms with Gasteiger partial charge >= 0.3 is 5.97 Å². The maximum absolute atomic E-state index is 13.5. The maximum Gasteiger partial charge on any atom is 0.305 e. The first-order chi connectivity index (χ1) is 16.1. The van der Waals surface area contributed by atoms with Crippen LogP contribution in [0.25, 0.3) is 0 Å². The van der Waals surface area contributed by atoms with E-state index in [1.54, 1.807) is 0 Å². The summed E-state index contributed by atoms with van der Waals surface area (Å²) in [5.41, 5.74) is 4.80. The summed E-state index contributed by atoms with van der Waals surface area (Å²) in [7, 11) is 0. The van der Waals surface area contributed by atoms with Gasteiger partial charge in [0, 0.05) is 24.8 Å². The van der Waals surface area contributed by atoms with Crippen molar-refractivity contribution in [2.75, 3.05) is 13.2 Å². The van der Waals surface area contributed by atoms with E-state index in [0.29, 0.717) is 26.0 Å². The van der Waals surface area contributed by atoms with Crippen LogP contribution < -0.4 is 0 Å². The molecule has 0 saturated carbocycles. The average molecular weight is 446 g/mol. The zero-order valence-electron chi connectivity index (χ0n) is 19.2. The van der Waals surface area contributed by atoms with Crippen LogP contribution >= 0.6 is 0 Å². The van der Waals surface area contributed by atoms with Crippen molar-refractivity contribution >= 4 is 17.8 Å². The number of rotatable bonds is 9. The van der Waals surface area contributed by atoms with Gasteiger partial charge in [0.15, 0.2) is 0 Å². The number of unbranched alkanes of at least 4 members (excludes halogenated alkanes) is 3. The van der Waals surface area contributed by atoms with Crippen molar-refractivity contribution in [2.45, 2.75) is 57.3 Å². The van der Waals surface area contributed by atoms with Crippen molar-refractivity contribution in [2.24, 2.45) is 11.8 Å². The second-order valence-electron chi connectivity index (χ2n) is 9.48. The van der Waals surface area contributed by atoms with Crippen LogP contribution in [0.4, 0.5) is 0 Å². The number of ether oxygens (including phenoxy) is 1. The van der Waals surface area contributed by atoms with E-state index in [1.807, 2.05) is 24.3 Å². The fourth-order valence-electron chi connectivity index (χ4n) is 6.08. The summed E-state index contributed by atoms with van der Waals surface area (Å²) < 4.78 is 5.20. The average Bonchev–Trinajstić information content (AvgIpc) is 3.09. The van der Waals surface area contributed by atoms with Crippen LogP contribution in [-0.4, -0.2) is 35.8 Å². The van der Waals surface area contributed by atoms with Crippen LogP contribution in [0, 0.1) is 11.8 Å². The molecule has 0 unspecified atom stereocenters. The van der Waals surface area contributed by atoms with Crippen molar-refractivity contribution in [1.29, 1.82) is 0 Å². The van der Waals surface area contributed by atoms with E-state index in [4.69, 9.17) is 4.74 Å². The normalized spacial score (nSPS) is 24.5. The molecule has 2 bridgehead atoms. The highest BCUT2D eigenvalue weighted by atomic mass is 16.5. The molecule has 1 aliphatic heterocycles. The highest BCUT2D eigenvalue weighted by Gasteiger charge is 2.61. The van der Waals surface area contributed by atoms with E-state index in [0.717, 1.165) is 25.7 Å². The third-order valence-corrected chi connectivity index (χ3v) is 7.56. The van der Waals surface area contributed by atoms with E-state index in [1.165, 1.54) is 27.2 Å². The maximum atomic E-state index is 13.5. The predicted molar refractivity (Wildman–Crippen MR) is 125 cm³/mol. The van der Waals surface area contributed by atoms with Crippen LogP contribution in [0.2, 0.25) is 0 Å². The molecule has 5 nitrogen and oxygen atoms in total. The Bertz CT molecular complexity index is 962. The minimum absolute atomic E-state index is 0.0250. The fraction of sp³-hybridized carbons (Fsp3) is 0.464. The predicted octanol–water partition coefficient (Wildman–Crippen LogP) is 4.78. The smallest absolute Gasteiger partial charge is 0.305 e. The van der Waals surface area contributed by atoms with Crippen LogP contribution in [0.1, 0.15) is 79.5 Å². The summed E-state index contributed by atoms with van der Waals surface area (Å²) in [6, 6.07) is 16.6. The van der Waals surface area contributed by atoms with Crippen molar-refractivity contribution in [3.8, 4) is 0 Å². The summed E-state index contributed by atoms with van der Waals surface area (Å²) in [4.78, 5) is 40.3. The first-order valence-corrected chi connectivity index (χ1v) is 12.3. The van der Waals surface area contributed by atoms with E-state index < -0.39 is 0 Å². The number of imide groups is 1. The summed E-state index contributed by atoms with van der Waals surface area (Å²) in [5, 5.41) is 0. The molecule has 0 radical (unpaired) electrons. The van der Waals surface area contributed by atoms with E-state index >= 15 is 0 Å². The summed E-state index contributed by atoms with van der Waals surface area (Å²) >= 11 is 0. The minimum atomic E-state index is -0.305. The Hall–Kier alpha value is -2.95. The molecule has 6 rings (SSSR count). The Labute approximate surface area is 195 Å². The number of hydrogen-bond donors (Lipinski definition) is 0. The Morgan fingerprint density at radius 2 is 1.30 bits per heavy atom. The number of likely N-dealkylation sites (tertiary alicyclic amines) is 1. The van der Waals surface area contributed by atoms with Gasteiger partial charge in [-0.1, -0.05) is 68.3 Å². The quantitative estimate of drug-likeness (QED) is 0.317. The molecule has 172 valence electrons. The summed E-state index contributed by atoms with van der Waals surface area (Å²) in [5.74, 6) is -0.916. The van der Waals surface area contributed by atoms with Crippen molar-refractivity contribution in [3.63, 3.8) is 0 Å². The van der Waals surface area contributed by atoms with Gasteiger partial charge in [0.2, 0.25) is 11.8 Å². The Morgan fingerprint density at radius 3 is 1.79 bits per heavy atom. The Morgan fingerprint density at radius 1 is 0.788 bits per heavy atom. The second-order valence-corrected chi connectivity index (χ2v) is 9.48. The van der Waals surface area contributed by atoms with Gasteiger partial charge in [-0.05, 0) is 41.5 Å². The van der Waals surface area contributed by atoms with Crippen LogP contribution in [0.5, 0.6) is 0 Å². The molecule has 5 heteroatoms.